The number of ether oxygens (including phenoxy) is 2. The van der Waals surface area contributed by atoms with Gasteiger partial charge in [-0.05, 0) is 74.5 Å². The zero-order chi connectivity index (χ0) is 25.7. The average Bonchev–Trinajstić information content (AvgIpc) is 3.11. The Kier molecular flexibility index (Phi) is 8.07. The Balaban J connectivity index is 1.48. The molecule has 0 saturated carbocycles. The molecule has 4 rings (SSSR count). The maximum Gasteiger partial charge on any atom is 0.285 e. The first-order chi connectivity index (χ1) is 17.3. The van der Waals surface area contributed by atoms with E-state index >= 15 is 0 Å². The number of amides is 2. The highest BCUT2D eigenvalue weighted by Crippen LogP contribution is 2.34. The molecule has 1 saturated heterocycles. The summed E-state index contributed by atoms with van der Waals surface area (Å²) in [5.41, 5.74) is 7.08. The van der Waals surface area contributed by atoms with Gasteiger partial charge in [0.25, 0.3) is 11.8 Å². The summed E-state index contributed by atoms with van der Waals surface area (Å²) < 4.78 is 12.1. The molecule has 1 aliphatic heterocycles. The van der Waals surface area contributed by atoms with Gasteiger partial charge in [0.05, 0.1) is 11.5 Å². The lowest BCUT2D eigenvalue weighted by atomic mass is 10.1. The van der Waals surface area contributed by atoms with Crippen LogP contribution in [0.3, 0.4) is 0 Å². The lowest BCUT2D eigenvalue weighted by Crippen LogP contribution is -2.44. The zero-order valence-corrected chi connectivity index (χ0v) is 21.9. The van der Waals surface area contributed by atoms with E-state index in [4.69, 9.17) is 21.7 Å². The SMILES string of the molecule is CCOc1cc(/C=C2/SC(=S)N(NC(=O)c3ccc(C)cc3)C2=O)ccc1OCc1cccc(C)c1. The Morgan fingerprint density at radius 1 is 1.00 bits per heavy atom. The van der Waals surface area contributed by atoms with E-state index in [1.807, 2.05) is 69.3 Å². The predicted octanol–water partition coefficient (Wildman–Crippen LogP) is 5.83. The van der Waals surface area contributed by atoms with Crippen LogP contribution in [0.25, 0.3) is 6.08 Å². The molecule has 1 aliphatic rings. The fourth-order valence-corrected chi connectivity index (χ4v) is 4.73. The molecule has 1 heterocycles. The van der Waals surface area contributed by atoms with Gasteiger partial charge >= 0.3 is 0 Å². The molecule has 36 heavy (non-hydrogen) atoms. The Labute approximate surface area is 220 Å². The standard InChI is InChI=1S/C28H26N2O4S2/c1-4-33-24-15-20(10-13-23(24)34-17-21-7-5-6-19(3)14-21)16-25-27(32)30(28(35)36-25)29-26(31)22-11-8-18(2)9-12-22/h5-16H,4,17H2,1-3H3,(H,29,31)/b25-16+. The Bertz CT molecular complexity index is 1340. The number of aryl methyl sites for hydroxylation is 2. The van der Waals surface area contributed by atoms with E-state index < -0.39 is 5.91 Å². The first-order valence-electron chi connectivity index (χ1n) is 11.4. The van der Waals surface area contributed by atoms with Gasteiger partial charge in [-0.2, -0.15) is 5.01 Å². The highest BCUT2D eigenvalue weighted by Gasteiger charge is 2.33. The number of hydrogen-bond acceptors (Lipinski definition) is 6. The Morgan fingerprint density at radius 3 is 2.50 bits per heavy atom. The molecular weight excluding hydrogens is 492 g/mol. The topological polar surface area (TPSA) is 67.9 Å². The summed E-state index contributed by atoms with van der Waals surface area (Å²) in [6.45, 7) is 6.77. The first kappa shape index (κ1) is 25.5. The second kappa shape index (κ2) is 11.4. The summed E-state index contributed by atoms with van der Waals surface area (Å²) >= 11 is 6.48. The van der Waals surface area contributed by atoms with E-state index in [2.05, 4.69) is 11.5 Å². The van der Waals surface area contributed by atoms with Crippen LogP contribution in [0, 0.1) is 13.8 Å². The van der Waals surface area contributed by atoms with Crippen molar-refractivity contribution in [3.8, 4) is 11.5 Å². The maximum atomic E-state index is 13.0. The first-order valence-corrected chi connectivity index (χ1v) is 12.7. The second-order valence-electron chi connectivity index (χ2n) is 8.24. The van der Waals surface area contributed by atoms with Crippen LogP contribution in [0.1, 0.15) is 39.5 Å². The molecule has 0 spiro atoms. The van der Waals surface area contributed by atoms with Crippen LogP contribution in [0.4, 0.5) is 0 Å². The number of thioether (sulfide) groups is 1. The third kappa shape index (κ3) is 6.13. The van der Waals surface area contributed by atoms with Gasteiger partial charge in [-0.15, -0.1) is 0 Å². The number of benzene rings is 3. The molecule has 6 nitrogen and oxygen atoms in total. The summed E-state index contributed by atoms with van der Waals surface area (Å²) in [5.74, 6) is 0.417. The van der Waals surface area contributed by atoms with E-state index in [-0.39, 0.29) is 10.2 Å². The smallest absolute Gasteiger partial charge is 0.285 e. The predicted molar refractivity (Wildman–Crippen MR) is 147 cm³/mol. The molecule has 0 radical (unpaired) electrons. The quantitative estimate of drug-likeness (QED) is 0.299. The fourth-order valence-electron chi connectivity index (χ4n) is 3.55. The minimum Gasteiger partial charge on any atom is -0.490 e. The Morgan fingerprint density at radius 2 is 1.78 bits per heavy atom. The van der Waals surface area contributed by atoms with Gasteiger partial charge in [0, 0.05) is 5.56 Å². The van der Waals surface area contributed by atoms with E-state index in [9.17, 15) is 9.59 Å². The van der Waals surface area contributed by atoms with Gasteiger partial charge in [-0.3, -0.25) is 15.0 Å². The summed E-state index contributed by atoms with van der Waals surface area (Å²) in [6.07, 6.45) is 1.73. The van der Waals surface area contributed by atoms with Crippen molar-refractivity contribution in [3.63, 3.8) is 0 Å². The number of nitrogens with one attached hydrogen (secondary N) is 1. The van der Waals surface area contributed by atoms with Crippen LogP contribution < -0.4 is 14.9 Å². The van der Waals surface area contributed by atoms with Crippen molar-refractivity contribution >= 4 is 46.2 Å². The molecule has 1 N–H and O–H groups in total. The molecule has 3 aromatic rings. The molecule has 0 bridgehead atoms. The highest BCUT2D eigenvalue weighted by atomic mass is 32.2. The van der Waals surface area contributed by atoms with E-state index in [1.165, 1.54) is 5.56 Å². The molecule has 0 aliphatic carbocycles. The fraction of sp³-hybridized carbons (Fsp3) is 0.179. The molecular formula is C28H26N2O4S2. The summed E-state index contributed by atoms with van der Waals surface area (Å²) in [7, 11) is 0. The second-order valence-corrected chi connectivity index (χ2v) is 9.92. The van der Waals surface area contributed by atoms with Crippen LogP contribution in [0.15, 0.2) is 71.6 Å². The number of hydrogen-bond donors (Lipinski definition) is 1. The molecule has 0 unspecified atom stereocenters. The molecule has 1 fully saturated rings. The van der Waals surface area contributed by atoms with Crippen LogP contribution in [0.5, 0.6) is 11.5 Å². The minimum absolute atomic E-state index is 0.259. The number of thiocarbonyl (C=S) groups is 1. The van der Waals surface area contributed by atoms with Gasteiger partial charge in [0.15, 0.2) is 15.8 Å². The Hall–Kier alpha value is -3.62. The van der Waals surface area contributed by atoms with Gasteiger partial charge in [-0.25, -0.2) is 0 Å². The number of hydrazine groups is 1. The zero-order valence-electron chi connectivity index (χ0n) is 20.2. The molecule has 0 atom stereocenters. The number of carbonyl (C=O) groups is 2. The number of carbonyl (C=O) groups excluding carboxylic acids is 2. The van der Waals surface area contributed by atoms with Gasteiger partial charge in [0.2, 0.25) is 0 Å². The third-order valence-corrected chi connectivity index (χ3v) is 6.67. The van der Waals surface area contributed by atoms with Crippen LogP contribution in [-0.2, 0) is 11.4 Å². The molecule has 8 heteroatoms. The van der Waals surface area contributed by atoms with Crippen molar-refractivity contribution in [1.82, 2.24) is 10.4 Å². The molecule has 0 aromatic heterocycles. The normalized spacial score (nSPS) is 14.3. The van der Waals surface area contributed by atoms with Crippen molar-refractivity contribution in [1.29, 1.82) is 0 Å². The van der Waals surface area contributed by atoms with E-state index in [0.29, 0.717) is 35.2 Å². The van der Waals surface area contributed by atoms with Gasteiger partial charge < -0.3 is 9.47 Å². The van der Waals surface area contributed by atoms with Crippen LogP contribution in [-0.4, -0.2) is 27.8 Å². The summed E-state index contributed by atoms with van der Waals surface area (Å²) in [5, 5.41) is 1.11. The summed E-state index contributed by atoms with van der Waals surface area (Å²) in [6, 6.07) is 20.7. The van der Waals surface area contributed by atoms with E-state index in [0.717, 1.165) is 33.5 Å². The van der Waals surface area contributed by atoms with Crippen molar-refractivity contribution < 1.29 is 19.1 Å². The van der Waals surface area contributed by atoms with Crippen LogP contribution >= 0.6 is 24.0 Å². The summed E-state index contributed by atoms with van der Waals surface area (Å²) in [4.78, 5) is 26.0. The van der Waals surface area contributed by atoms with Crippen molar-refractivity contribution in [2.75, 3.05) is 6.61 Å². The number of rotatable bonds is 8. The number of nitrogens with zero attached hydrogens (tertiary/aromatic N) is 1. The maximum absolute atomic E-state index is 13.0. The third-order valence-electron chi connectivity index (χ3n) is 5.36. The van der Waals surface area contributed by atoms with Crippen molar-refractivity contribution in [2.45, 2.75) is 27.4 Å². The highest BCUT2D eigenvalue weighted by molar-refractivity contribution is 8.26. The largest absolute Gasteiger partial charge is 0.490 e. The molecule has 2 amide bonds. The van der Waals surface area contributed by atoms with Gasteiger partial charge in [-0.1, -0.05) is 65.4 Å². The van der Waals surface area contributed by atoms with Gasteiger partial charge in [0.1, 0.15) is 6.61 Å². The van der Waals surface area contributed by atoms with E-state index in [1.54, 1.807) is 18.2 Å². The monoisotopic (exact) mass is 518 g/mol. The van der Waals surface area contributed by atoms with Crippen LogP contribution in [0.2, 0.25) is 0 Å². The molecule has 3 aromatic carbocycles. The lowest BCUT2D eigenvalue weighted by molar-refractivity contribution is -0.123. The average molecular weight is 519 g/mol. The van der Waals surface area contributed by atoms with Crippen molar-refractivity contribution in [2.24, 2.45) is 0 Å². The lowest BCUT2D eigenvalue weighted by Gasteiger charge is -2.15. The minimum atomic E-state index is -0.402. The van der Waals surface area contributed by atoms with Crippen molar-refractivity contribution in [3.05, 3.63) is 99.5 Å². The molecule has 184 valence electrons.